The van der Waals surface area contributed by atoms with E-state index in [1.54, 1.807) is 24.4 Å². The Morgan fingerprint density at radius 2 is 2.42 bits per heavy atom. The van der Waals surface area contributed by atoms with Crippen LogP contribution in [0.1, 0.15) is 5.56 Å². The molecule has 64 valence electrons. The summed E-state index contributed by atoms with van der Waals surface area (Å²) in [7, 11) is 0. The zero-order chi connectivity index (χ0) is 8.81. The van der Waals surface area contributed by atoms with Crippen molar-refractivity contribution in [3.8, 4) is 5.88 Å². The van der Waals surface area contributed by atoms with Crippen LogP contribution in [0, 0.1) is 0 Å². The summed E-state index contributed by atoms with van der Waals surface area (Å²) in [6.07, 6.45) is 3.24. The van der Waals surface area contributed by atoms with Gasteiger partial charge in [0.05, 0.1) is 6.61 Å². The molecule has 3 nitrogen and oxygen atoms in total. The first-order chi connectivity index (χ1) is 5.86. The Morgan fingerprint density at radius 1 is 1.58 bits per heavy atom. The summed E-state index contributed by atoms with van der Waals surface area (Å²) < 4.78 is 5.14. The molecule has 0 atom stereocenters. The van der Waals surface area contributed by atoms with Gasteiger partial charge in [-0.2, -0.15) is 0 Å². The van der Waals surface area contributed by atoms with E-state index < -0.39 is 0 Å². The third-order valence-electron chi connectivity index (χ3n) is 1.33. The summed E-state index contributed by atoms with van der Waals surface area (Å²) >= 11 is 0. The molecule has 0 saturated heterocycles. The summed E-state index contributed by atoms with van der Waals surface area (Å²) in [4.78, 5) is 3.96. The lowest BCUT2D eigenvalue weighted by atomic mass is 10.3. The lowest BCUT2D eigenvalue weighted by Gasteiger charge is -2.01. The van der Waals surface area contributed by atoms with Gasteiger partial charge in [0, 0.05) is 12.3 Å². The van der Waals surface area contributed by atoms with Crippen LogP contribution in [0.2, 0.25) is 0 Å². The highest BCUT2D eigenvalue weighted by molar-refractivity contribution is 5.17. The maximum atomic E-state index is 8.71. The SMILES string of the molecule is C=CCOc1ccc(CO)cn1. The molecule has 0 amide bonds. The van der Waals surface area contributed by atoms with Crippen LogP contribution in [0.15, 0.2) is 31.0 Å². The van der Waals surface area contributed by atoms with Crippen molar-refractivity contribution in [1.82, 2.24) is 4.98 Å². The van der Waals surface area contributed by atoms with Gasteiger partial charge in [0.15, 0.2) is 0 Å². The van der Waals surface area contributed by atoms with Gasteiger partial charge in [0.25, 0.3) is 0 Å². The van der Waals surface area contributed by atoms with Gasteiger partial charge in [-0.1, -0.05) is 12.7 Å². The minimum absolute atomic E-state index is 0.00867. The minimum atomic E-state index is 0.00867. The fourth-order valence-electron chi connectivity index (χ4n) is 0.734. The molecule has 0 spiro atoms. The van der Waals surface area contributed by atoms with Crippen LogP contribution in [0.3, 0.4) is 0 Å². The smallest absolute Gasteiger partial charge is 0.213 e. The third-order valence-corrected chi connectivity index (χ3v) is 1.33. The third kappa shape index (κ3) is 2.36. The Bertz CT molecular complexity index is 243. The lowest BCUT2D eigenvalue weighted by Crippen LogP contribution is -1.95. The van der Waals surface area contributed by atoms with E-state index in [1.807, 2.05) is 0 Å². The first-order valence-electron chi connectivity index (χ1n) is 3.66. The van der Waals surface area contributed by atoms with E-state index >= 15 is 0 Å². The van der Waals surface area contributed by atoms with Gasteiger partial charge < -0.3 is 9.84 Å². The van der Waals surface area contributed by atoms with Crippen LogP contribution in [0.25, 0.3) is 0 Å². The highest BCUT2D eigenvalue weighted by Gasteiger charge is 1.93. The van der Waals surface area contributed by atoms with Gasteiger partial charge in [-0.05, 0) is 11.6 Å². The zero-order valence-corrected chi connectivity index (χ0v) is 6.73. The van der Waals surface area contributed by atoms with Gasteiger partial charge >= 0.3 is 0 Å². The van der Waals surface area contributed by atoms with Crippen molar-refractivity contribution in [2.45, 2.75) is 6.61 Å². The number of rotatable bonds is 4. The van der Waals surface area contributed by atoms with E-state index in [0.717, 1.165) is 5.56 Å². The molecule has 1 rings (SSSR count). The summed E-state index contributed by atoms with van der Waals surface area (Å²) in [5.74, 6) is 0.548. The Morgan fingerprint density at radius 3 is 2.92 bits per heavy atom. The number of ether oxygens (including phenoxy) is 1. The Labute approximate surface area is 71.3 Å². The highest BCUT2D eigenvalue weighted by Crippen LogP contribution is 2.06. The van der Waals surface area contributed by atoms with E-state index in [-0.39, 0.29) is 6.61 Å². The van der Waals surface area contributed by atoms with E-state index in [0.29, 0.717) is 12.5 Å². The fourth-order valence-corrected chi connectivity index (χ4v) is 0.734. The van der Waals surface area contributed by atoms with Crippen LogP contribution in [0.4, 0.5) is 0 Å². The molecule has 0 aliphatic carbocycles. The molecule has 0 unspecified atom stereocenters. The first kappa shape index (κ1) is 8.74. The average Bonchev–Trinajstić information content (AvgIpc) is 2.15. The summed E-state index contributed by atoms with van der Waals surface area (Å²) in [6.45, 7) is 3.98. The zero-order valence-electron chi connectivity index (χ0n) is 6.73. The van der Waals surface area contributed by atoms with Crippen LogP contribution >= 0.6 is 0 Å². The van der Waals surface area contributed by atoms with Crippen LogP contribution in [-0.4, -0.2) is 16.7 Å². The molecule has 0 saturated carbocycles. The summed E-state index contributed by atoms with van der Waals surface area (Å²) in [6, 6.07) is 3.49. The van der Waals surface area contributed by atoms with Crippen LogP contribution in [-0.2, 0) is 6.61 Å². The lowest BCUT2D eigenvalue weighted by molar-refractivity contribution is 0.280. The number of hydrogen-bond acceptors (Lipinski definition) is 3. The number of pyridine rings is 1. The molecular formula is C9H11NO2. The molecule has 12 heavy (non-hydrogen) atoms. The molecule has 0 aromatic carbocycles. The molecule has 0 radical (unpaired) electrons. The molecule has 3 heteroatoms. The first-order valence-corrected chi connectivity index (χ1v) is 3.66. The number of aliphatic hydroxyl groups is 1. The molecule has 0 aliphatic heterocycles. The summed E-state index contributed by atoms with van der Waals surface area (Å²) in [5, 5.41) is 8.71. The normalized spacial score (nSPS) is 9.42. The molecule has 0 fully saturated rings. The molecule has 0 aliphatic rings. The number of aliphatic hydroxyl groups excluding tert-OH is 1. The molecular weight excluding hydrogens is 154 g/mol. The second-order valence-corrected chi connectivity index (χ2v) is 2.26. The molecule has 0 bridgehead atoms. The second-order valence-electron chi connectivity index (χ2n) is 2.26. The minimum Gasteiger partial charge on any atom is -0.473 e. The predicted octanol–water partition coefficient (Wildman–Crippen LogP) is 1.14. The quantitative estimate of drug-likeness (QED) is 0.680. The predicted molar refractivity (Wildman–Crippen MR) is 45.9 cm³/mol. The van der Waals surface area contributed by atoms with Gasteiger partial charge in [0.2, 0.25) is 5.88 Å². The summed E-state index contributed by atoms with van der Waals surface area (Å²) in [5.41, 5.74) is 0.779. The number of aromatic nitrogens is 1. The molecule has 1 N–H and O–H groups in total. The van der Waals surface area contributed by atoms with Gasteiger partial charge in [-0.3, -0.25) is 0 Å². The Kier molecular flexibility index (Phi) is 3.29. The Balaban J connectivity index is 2.58. The molecule has 1 heterocycles. The highest BCUT2D eigenvalue weighted by atomic mass is 16.5. The van der Waals surface area contributed by atoms with Crippen molar-refractivity contribution < 1.29 is 9.84 Å². The van der Waals surface area contributed by atoms with Crippen molar-refractivity contribution in [3.63, 3.8) is 0 Å². The average molecular weight is 165 g/mol. The van der Waals surface area contributed by atoms with Crippen molar-refractivity contribution >= 4 is 0 Å². The molecule has 1 aromatic rings. The van der Waals surface area contributed by atoms with Crippen molar-refractivity contribution in [2.75, 3.05) is 6.61 Å². The van der Waals surface area contributed by atoms with Crippen molar-refractivity contribution in [1.29, 1.82) is 0 Å². The largest absolute Gasteiger partial charge is 0.473 e. The van der Waals surface area contributed by atoms with Crippen molar-refractivity contribution in [2.24, 2.45) is 0 Å². The monoisotopic (exact) mass is 165 g/mol. The van der Waals surface area contributed by atoms with E-state index in [1.165, 1.54) is 0 Å². The standard InChI is InChI=1S/C9H11NO2/c1-2-5-12-9-4-3-8(7-11)6-10-9/h2-4,6,11H,1,5,7H2. The van der Waals surface area contributed by atoms with E-state index in [4.69, 9.17) is 9.84 Å². The Hall–Kier alpha value is -1.35. The van der Waals surface area contributed by atoms with Gasteiger partial charge in [-0.25, -0.2) is 4.98 Å². The number of hydrogen-bond donors (Lipinski definition) is 1. The van der Waals surface area contributed by atoms with Crippen LogP contribution < -0.4 is 4.74 Å². The fraction of sp³-hybridized carbons (Fsp3) is 0.222. The van der Waals surface area contributed by atoms with Crippen LogP contribution in [0.5, 0.6) is 5.88 Å². The maximum absolute atomic E-state index is 8.71. The van der Waals surface area contributed by atoms with Gasteiger partial charge in [0.1, 0.15) is 6.61 Å². The maximum Gasteiger partial charge on any atom is 0.213 e. The number of nitrogens with zero attached hydrogens (tertiary/aromatic N) is 1. The van der Waals surface area contributed by atoms with Gasteiger partial charge in [-0.15, -0.1) is 0 Å². The van der Waals surface area contributed by atoms with E-state index in [9.17, 15) is 0 Å². The van der Waals surface area contributed by atoms with Crippen molar-refractivity contribution in [3.05, 3.63) is 36.5 Å². The topological polar surface area (TPSA) is 42.4 Å². The molecule has 1 aromatic heterocycles. The van der Waals surface area contributed by atoms with E-state index in [2.05, 4.69) is 11.6 Å². The second kappa shape index (κ2) is 4.51.